The molecule has 1 aromatic rings. The first-order valence-electron chi connectivity index (χ1n) is 7.62. The van der Waals surface area contributed by atoms with E-state index in [-0.39, 0.29) is 19.4 Å². The molecule has 24 heavy (non-hydrogen) atoms. The number of ether oxygens (including phenoxy) is 3. The minimum atomic E-state index is -0.734. The summed E-state index contributed by atoms with van der Waals surface area (Å²) in [5.41, 5.74) is -0.745. The number of aromatic amines is 1. The van der Waals surface area contributed by atoms with Crippen LogP contribution in [0.15, 0.2) is 15.8 Å². The number of H-pyrrole nitrogens is 1. The maximum Gasteiger partial charge on any atom is 0.330 e. The summed E-state index contributed by atoms with van der Waals surface area (Å²) in [6, 6.07) is 0. The zero-order chi connectivity index (χ0) is 17.9. The van der Waals surface area contributed by atoms with Crippen LogP contribution in [0.1, 0.15) is 38.5 Å². The molecule has 2 rings (SSSR count). The van der Waals surface area contributed by atoms with E-state index in [0.717, 1.165) is 0 Å². The molecule has 132 valence electrons. The van der Waals surface area contributed by atoms with Crippen LogP contribution in [0.5, 0.6) is 0 Å². The molecule has 2 heterocycles. The average Bonchev–Trinajstić information content (AvgIpc) is 2.90. The highest BCUT2D eigenvalue weighted by Crippen LogP contribution is 2.30. The van der Waals surface area contributed by atoms with Gasteiger partial charge in [0.2, 0.25) is 0 Å². The monoisotopic (exact) mass is 340 g/mol. The van der Waals surface area contributed by atoms with Gasteiger partial charge in [-0.25, -0.2) is 4.79 Å². The third-order valence-corrected chi connectivity index (χ3v) is 3.65. The summed E-state index contributed by atoms with van der Waals surface area (Å²) in [5, 5.41) is 0. The van der Waals surface area contributed by atoms with E-state index < -0.39 is 41.6 Å². The standard InChI is InChI=1S/C15H20N2O7/c1-4-13(19)22-7-11-10(23-9(3)18)5-12(24-11)17-6-8(2)14(20)16-15(17)21/h6,10-12H,4-5,7H2,1-3H3,(H,16,20,21)/t10-,11+,12?/m0/s1. The fourth-order valence-corrected chi connectivity index (χ4v) is 2.44. The van der Waals surface area contributed by atoms with Crippen LogP contribution in [-0.2, 0) is 23.8 Å². The lowest BCUT2D eigenvalue weighted by molar-refractivity contribution is -0.156. The van der Waals surface area contributed by atoms with Gasteiger partial charge < -0.3 is 14.2 Å². The van der Waals surface area contributed by atoms with Crippen molar-refractivity contribution in [2.24, 2.45) is 0 Å². The molecule has 0 aliphatic carbocycles. The summed E-state index contributed by atoms with van der Waals surface area (Å²) in [4.78, 5) is 48.2. The predicted octanol–water partition coefficient (Wildman–Crippen LogP) is 0.0174. The highest BCUT2D eigenvalue weighted by atomic mass is 16.6. The molecule has 9 heteroatoms. The van der Waals surface area contributed by atoms with Gasteiger partial charge in [0.05, 0.1) is 0 Å². The molecule has 9 nitrogen and oxygen atoms in total. The Morgan fingerprint density at radius 1 is 1.42 bits per heavy atom. The molecule has 1 aliphatic rings. The van der Waals surface area contributed by atoms with Gasteiger partial charge in [0.1, 0.15) is 25.0 Å². The van der Waals surface area contributed by atoms with Crippen molar-refractivity contribution in [3.05, 3.63) is 32.6 Å². The third kappa shape index (κ3) is 4.10. The summed E-state index contributed by atoms with van der Waals surface area (Å²) < 4.78 is 17.2. The molecular formula is C15H20N2O7. The van der Waals surface area contributed by atoms with Gasteiger partial charge >= 0.3 is 17.6 Å². The van der Waals surface area contributed by atoms with Crippen molar-refractivity contribution >= 4 is 11.9 Å². The number of hydrogen-bond donors (Lipinski definition) is 1. The van der Waals surface area contributed by atoms with Crippen molar-refractivity contribution in [2.75, 3.05) is 6.61 Å². The maximum absolute atomic E-state index is 12.0. The molecular weight excluding hydrogens is 320 g/mol. The first-order valence-corrected chi connectivity index (χ1v) is 7.62. The van der Waals surface area contributed by atoms with Gasteiger partial charge in [-0.2, -0.15) is 0 Å². The average molecular weight is 340 g/mol. The molecule has 1 saturated heterocycles. The number of nitrogens with one attached hydrogen (secondary N) is 1. The zero-order valence-corrected chi connectivity index (χ0v) is 13.7. The summed E-state index contributed by atoms with van der Waals surface area (Å²) >= 11 is 0. The molecule has 0 bridgehead atoms. The van der Waals surface area contributed by atoms with E-state index in [4.69, 9.17) is 14.2 Å². The highest BCUT2D eigenvalue weighted by molar-refractivity contribution is 5.69. The molecule has 0 aromatic carbocycles. The number of aromatic nitrogens is 2. The predicted molar refractivity (Wildman–Crippen MR) is 81.4 cm³/mol. The second-order valence-electron chi connectivity index (χ2n) is 5.53. The number of nitrogens with zero attached hydrogens (tertiary/aromatic N) is 1. The minimum Gasteiger partial charge on any atom is -0.463 e. The van der Waals surface area contributed by atoms with Crippen molar-refractivity contribution in [1.29, 1.82) is 0 Å². The van der Waals surface area contributed by atoms with Crippen molar-refractivity contribution in [1.82, 2.24) is 9.55 Å². The lowest BCUT2D eigenvalue weighted by Crippen LogP contribution is -2.33. The SMILES string of the molecule is CCC(=O)OC[C@H]1OC(n2cc(C)c(=O)[nH]c2=O)C[C@@H]1OC(C)=O. The van der Waals surface area contributed by atoms with E-state index in [2.05, 4.69) is 4.98 Å². The largest absolute Gasteiger partial charge is 0.463 e. The minimum absolute atomic E-state index is 0.0851. The van der Waals surface area contributed by atoms with Gasteiger partial charge in [-0.15, -0.1) is 0 Å². The van der Waals surface area contributed by atoms with Gasteiger partial charge in [0, 0.05) is 31.5 Å². The lowest BCUT2D eigenvalue weighted by Gasteiger charge is -2.18. The van der Waals surface area contributed by atoms with E-state index in [9.17, 15) is 19.2 Å². The zero-order valence-electron chi connectivity index (χ0n) is 13.7. The van der Waals surface area contributed by atoms with E-state index >= 15 is 0 Å². The van der Waals surface area contributed by atoms with E-state index in [0.29, 0.717) is 5.56 Å². The molecule has 1 unspecified atom stereocenters. The third-order valence-electron chi connectivity index (χ3n) is 3.65. The molecule has 3 atom stereocenters. The van der Waals surface area contributed by atoms with Crippen LogP contribution in [0.25, 0.3) is 0 Å². The number of hydrogen-bond acceptors (Lipinski definition) is 7. The Morgan fingerprint density at radius 2 is 2.12 bits per heavy atom. The summed E-state index contributed by atoms with van der Waals surface area (Å²) in [6.07, 6.45) is -0.267. The molecule has 1 N–H and O–H groups in total. The van der Waals surface area contributed by atoms with Crippen LogP contribution >= 0.6 is 0 Å². The number of esters is 2. The molecule has 1 aromatic heterocycles. The Hall–Kier alpha value is -2.42. The van der Waals surface area contributed by atoms with E-state index in [1.54, 1.807) is 13.8 Å². The Kier molecular flexibility index (Phi) is 5.55. The van der Waals surface area contributed by atoms with Gasteiger partial charge in [0.25, 0.3) is 5.56 Å². The molecule has 0 saturated carbocycles. The molecule has 0 spiro atoms. The topological polar surface area (TPSA) is 117 Å². The quantitative estimate of drug-likeness (QED) is 0.751. The van der Waals surface area contributed by atoms with E-state index in [1.807, 2.05) is 0 Å². The number of carbonyl (C=O) groups is 2. The lowest BCUT2D eigenvalue weighted by atomic mass is 10.2. The fourth-order valence-electron chi connectivity index (χ4n) is 2.44. The molecule has 0 amide bonds. The highest BCUT2D eigenvalue weighted by Gasteiger charge is 2.39. The smallest absolute Gasteiger partial charge is 0.330 e. The number of carbonyl (C=O) groups excluding carboxylic acids is 2. The van der Waals surface area contributed by atoms with Crippen LogP contribution in [0.3, 0.4) is 0 Å². The van der Waals surface area contributed by atoms with Crippen LogP contribution in [0, 0.1) is 6.92 Å². The summed E-state index contributed by atoms with van der Waals surface area (Å²) in [5.74, 6) is -0.901. The van der Waals surface area contributed by atoms with Gasteiger partial charge in [-0.05, 0) is 6.92 Å². The molecule has 0 radical (unpaired) electrons. The molecule has 1 aliphatic heterocycles. The van der Waals surface area contributed by atoms with Crippen LogP contribution < -0.4 is 11.2 Å². The van der Waals surface area contributed by atoms with Crippen LogP contribution in [0.2, 0.25) is 0 Å². The Labute approximate surface area is 137 Å². The normalized spacial score (nSPS) is 23.0. The van der Waals surface area contributed by atoms with Gasteiger partial charge in [0.15, 0.2) is 0 Å². The molecule has 1 fully saturated rings. The van der Waals surface area contributed by atoms with Gasteiger partial charge in [-0.1, -0.05) is 6.92 Å². The van der Waals surface area contributed by atoms with Crippen molar-refractivity contribution in [3.8, 4) is 0 Å². The Bertz CT molecular complexity index is 736. The fraction of sp³-hybridized carbons (Fsp3) is 0.600. The van der Waals surface area contributed by atoms with E-state index in [1.165, 1.54) is 17.7 Å². The summed E-state index contributed by atoms with van der Waals surface area (Å²) in [6.45, 7) is 4.40. The second kappa shape index (κ2) is 7.43. The maximum atomic E-state index is 12.0. The van der Waals surface area contributed by atoms with Crippen molar-refractivity contribution < 1.29 is 23.8 Å². The van der Waals surface area contributed by atoms with Crippen molar-refractivity contribution in [2.45, 2.75) is 52.0 Å². The first kappa shape index (κ1) is 17.9. The van der Waals surface area contributed by atoms with Gasteiger partial charge in [-0.3, -0.25) is 23.9 Å². The number of rotatable bonds is 5. The Balaban J connectivity index is 2.20. The van der Waals surface area contributed by atoms with Crippen molar-refractivity contribution in [3.63, 3.8) is 0 Å². The Morgan fingerprint density at radius 3 is 2.75 bits per heavy atom. The second-order valence-corrected chi connectivity index (χ2v) is 5.53. The first-order chi connectivity index (χ1) is 11.3. The van der Waals surface area contributed by atoms with Crippen LogP contribution in [0.4, 0.5) is 0 Å². The summed E-state index contributed by atoms with van der Waals surface area (Å²) in [7, 11) is 0. The number of aryl methyl sites for hydroxylation is 1. The van der Waals surface area contributed by atoms with Crippen LogP contribution in [-0.4, -0.2) is 40.3 Å².